The average molecular weight is 1150 g/mol. The first-order chi connectivity index (χ1) is 40.5. The van der Waals surface area contributed by atoms with Crippen LogP contribution in [0.25, 0.3) is 0 Å². The normalized spacial score (nSPS) is 12.5. The van der Waals surface area contributed by atoms with Crippen molar-refractivity contribution in [3.8, 4) is 0 Å². The molecule has 6 nitrogen and oxygen atoms in total. The first-order valence-electron chi connectivity index (χ1n) is 35.9. The van der Waals surface area contributed by atoms with Crippen LogP contribution in [0.1, 0.15) is 374 Å². The SMILES string of the molecule is CC/C=C\C/C=C\C/C=C\C/C=C\C/C=C\CCCCCCCCCCCCCCCCCC(=O)OCC(COC(=O)CCCCCCC/C=C\CCCCC)OC(=O)CCCCCCCCCCCCCCCCCCCCCCC. The third-order valence-electron chi connectivity index (χ3n) is 15.9. The molecule has 1 atom stereocenters. The lowest BCUT2D eigenvalue weighted by Gasteiger charge is -2.18. The summed E-state index contributed by atoms with van der Waals surface area (Å²) in [4.78, 5) is 38.4. The molecule has 1 unspecified atom stereocenters. The van der Waals surface area contributed by atoms with Gasteiger partial charge in [0.05, 0.1) is 0 Å². The van der Waals surface area contributed by atoms with Gasteiger partial charge in [-0.25, -0.2) is 0 Å². The molecule has 0 aromatic carbocycles. The molecule has 82 heavy (non-hydrogen) atoms. The summed E-state index contributed by atoms with van der Waals surface area (Å²) in [7, 11) is 0. The predicted octanol–water partition coefficient (Wildman–Crippen LogP) is 24.8. The molecule has 0 bridgehead atoms. The molecule has 0 aliphatic carbocycles. The van der Waals surface area contributed by atoms with E-state index in [4.69, 9.17) is 14.2 Å². The van der Waals surface area contributed by atoms with Gasteiger partial charge in [-0.05, 0) is 89.9 Å². The van der Waals surface area contributed by atoms with Crippen LogP contribution in [0.4, 0.5) is 0 Å². The molecular formula is C76H136O6. The molecule has 0 aliphatic heterocycles. The minimum atomic E-state index is -0.776. The lowest BCUT2D eigenvalue weighted by atomic mass is 10.0. The van der Waals surface area contributed by atoms with Gasteiger partial charge in [-0.1, -0.05) is 338 Å². The van der Waals surface area contributed by atoms with E-state index in [-0.39, 0.29) is 31.1 Å². The summed E-state index contributed by atoms with van der Waals surface area (Å²) in [5, 5.41) is 0. The van der Waals surface area contributed by atoms with Gasteiger partial charge < -0.3 is 14.2 Å². The van der Waals surface area contributed by atoms with Gasteiger partial charge in [0.25, 0.3) is 0 Å². The molecule has 0 spiro atoms. The Hall–Kier alpha value is -3.15. The number of hydrogen-bond acceptors (Lipinski definition) is 6. The zero-order valence-electron chi connectivity index (χ0n) is 54.8. The van der Waals surface area contributed by atoms with Crippen LogP contribution in [-0.4, -0.2) is 37.2 Å². The van der Waals surface area contributed by atoms with Gasteiger partial charge in [0.2, 0.25) is 0 Å². The number of hydrogen-bond donors (Lipinski definition) is 0. The summed E-state index contributed by atoms with van der Waals surface area (Å²) < 4.78 is 17.0. The van der Waals surface area contributed by atoms with Crippen molar-refractivity contribution in [2.24, 2.45) is 0 Å². The number of allylic oxidation sites excluding steroid dienone is 12. The summed E-state index contributed by atoms with van der Waals surface area (Å²) in [6.07, 6.45) is 92.3. The Labute approximate surface area is 510 Å². The van der Waals surface area contributed by atoms with E-state index in [0.717, 1.165) is 96.3 Å². The van der Waals surface area contributed by atoms with Gasteiger partial charge in [-0.3, -0.25) is 14.4 Å². The van der Waals surface area contributed by atoms with Gasteiger partial charge in [0.1, 0.15) is 13.2 Å². The van der Waals surface area contributed by atoms with E-state index >= 15 is 0 Å². The Kier molecular flexibility index (Phi) is 67.6. The lowest BCUT2D eigenvalue weighted by molar-refractivity contribution is -0.167. The third kappa shape index (κ3) is 67.6. The molecule has 0 rings (SSSR count). The Morgan fingerprint density at radius 3 is 0.780 bits per heavy atom. The van der Waals surface area contributed by atoms with E-state index < -0.39 is 6.10 Å². The van der Waals surface area contributed by atoms with Crippen molar-refractivity contribution in [1.82, 2.24) is 0 Å². The van der Waals surface area contributed by atoms with E-state index in [1.807, 2.05) is 0 Å². The minimum Gasteiger partial charge on any atom is -0.462 e. The highest BCUT2D eigenvalue weighted by Crippen LogP contribution is 2.18. The van der Waals surface area contributed by atoms with Gasteiger partial charge in [-0.15, -0.1) is 0 Å². The number of unbranched alkanes of at least 4 members (excludes halogenated alkanes) is 43. The van der Waals surface area contributed by atoms with Gasteiger partial charge in [0.15, 0.2) is 6.10 Å². The van der Waals surface area contributed by atoms with E-state index in [0.29, 0.717) is 19.3 Å². The van der Waals surface area contributed by atoms with Crippen molar-refractivity contribution < 1.29 is 28.6 Å². The molecule has 0 N–H and O–H groups in total. The number of carbonyl (C=O) groups is 3. The lowest BCUT2D eigenvalue weighted by Crippen LogP contribution is -2.30. The fourth-order valence-corrected chi connectivity index (χ4v) is 10.6. The monoisotopic (exact) mass is 1150 g/mol. The van der Waals surface area contributed by atoms with Crippen LogP contribution in [-0.2, 0) is 28.6 Å². The zero-order valence-corrected chi connectivity index (χ0v) is 54.8. The average Bonchev–Trinajstić information content (AvgIpc) is 3.47. The molecule has 6 heteroatoms. The highest BCUT2D eigenvalue weighted by molar-refractivity contribution is 5.71. The Balaban J connectivity index is 4.18. The fraction of sp³-hybridized carbons (Fsp3) is 0.803. The highest BCUT2D eigenvalue weighted by Gasteiger charge is 2.19. The van der Waals surface area contributed by atoms with Gasteiger partial charge >= 0.3 is 17.9 Å². The fourth-order valence-electron chi connectivity index (χ4n) is 10.6. The van der Waals surface area contributed by atoms with Crippen LogP contribution in [0.15, 0.2) is 72.9 Å². The molecule has 0 aliphatic rings. The van der Waals surface area contributed by atoms with Gasteiger partial charge in [0, 0.05) is 19.3 Å². The number of esters is 3. The second kappa shape index (κ2) is 70.3. The van der Waals surface area contributed by atoms with Crippen LogP contribution in [0, 0.1) is 0 Å². The largest absolute Gasteiger partial charge is 0.462 e. The van der Waals surface area contributed by atoms with Crippen molar-refractivity contribution in [1.29, 1.82) is 0 Å². The van der Waals surface area contributed by atoms with Crippen LogP contribution < -0.4 is 0 Å². The second-order valence-corrected chi connectivity index (χ2v) is 24.1. The minimum absolute atomic E-state index is 0.0728. The van der Waals surface area contributed by atoms with Crippen molar-refractivity contribution in [2.75, 3.05) is 13.2 Å². The second-order valence-electron chi connectivity index (χ2n) is 24.1. The molecule has 0 radical (unpaired) electrons. The molecule has 0 heterocycles. The van der Waals surface area contributed by atoms with E-state index in [1.165, 1.54) is 238 Å². The first-order valence-corrected chi connectivity index (χ1v) is 35.9. The molecule has 0 fully saturated rings. The summed E-state index contributed by atoms with van der Waals surface area (Å²) >= 11 is 0. The number of carbonyl (C=O) groups excluding carboxylic acids is 3. The van der Waals surface area contributed by atoms with Crippen LogP contribution in [0.5, 0.6) is 0 Å². The summed E-state index contributed by atoms with van der Waals surface area (Å²) in [5.41, 5.74) is 0. The molecule has 476 valence electrons. The predicted molar refractivity (Wildman–Crippen MR) is 358 cm³/mol. The van der Waals surface area contributed by atoms with Crippen molar-refractivity contribution >= 4 is 17.9 Å². The van der Waals surface area contributed by atoms with Crippen molar-refractivity contribution in [2.45, 2.75) is 380 Å². The quantitative estimate of drug-likeness (QED) is 0.0261. The molecule has 0 aromatic rings. The highest BCUT2D eigenvalue weighted by atomic mass is 16.6. The number of ether oxygens (including phenoxy) is 3. The van der Waals surface area contributed by atoms with Crippen LogP contribution in [0.3, 0.4) is 0 Å². The zero-order chi connectivity index (χ0) is 59.2. The van der Waals surface area contributed by atoms with Crippen LogP contribution in [0.2, 0.25) is 0 Å². The van der Waals surface area contributed by atoms with E-state index in [2.05, 4.69) is 93.7 Å². The standard InChI is InChI=1S/C76H136O6/c1-4-7-10-13-16-19-22-25-27-29-31-33-34-35-36-37-38-39-40-41-42-44-45-47-49-51-54-57-60-63-66-69-75(78)81-72-73(71-80-74(77)68-65-62-59-56-53-24-21-18-15-12-9-6-3)82-76(79)70-67-64-61-58-55-52-50-48-46-43-32-30-28-26-23-20-17-14-11-8-5-2/h7,10,16,18-19,21,25,27,31,33,35-36,73H,4-6,8-9,11-15,17,20,22-24,26,28-30,32,34,37-72H2,1-3H3/b10-7-,19-16-,21-18-,27-25-,33-31-,36-35-. The van der Waals surface area contributed by atoms with Crippen LogP contribution >= 0.6 is 0 Å². The molecular weight excluding hydrogens is 1010 g/mol. The van der Waals surface area contributed by atoms with Crippen molar-refractivity contribution in [3.05, 3.63) is 72.9 Å². The first kappa shape index (κ1) is 78.8. The third-order valence-corrected chi connectivity index (χ3v) is 15.9. The summed E-state index contributed by atoms with van der Waals surface area (Å²) in [5.74, 6) is -0.858. The Bertz CT molecular complexity index is 1500. The molecule has 0 amide bonds. The van der Waals surface area contributed by atoms with Crippen molar-refractivity contribution in [3.63, 3.8) is 0 Å². The molecule has 0 saturated carbocycles. The maximum atomic E-state index is 12.9. The van der Waals surface area contributed by atoms with E-state index in [1.54, 1.807) is 0 Å². The topological polar surface area (TPSA) is 78.9 Å². The van der Waals surface area contributed by atoms with E-state index in [9.17, 15) is 14.4 Å². The maximum absolute atomic E-state index is 12.9. The Morgan fingerprint density at radius 2 is 0.476 bits per heavy atom. The number of rotatable bonds is 66. The molecule has 0 saturated heterocycles. The maximum Gasteiger partial charge on any atom is 0.306 e. The summed E-state index contributed by atoms with van der Waals surface area (Å²) in [6, 6.07) is 0. The van der Waals surface area contributed by atoms with Gasteiger partial charge in [-0.2, -0.15) is 0 Å². The summed E-state index contributed by atoms with van der Waals surface area (Å²) in [6.45, 7) is 6.56. The smallest absolute Gasteiger partial charge is 0.306 e. The Morgan fingerprint density at radius 1 is 0.256 bits per heavy atom. The molecule has 0 aromatic heterocycles.